The monoisotopic (exact) mass is 250 g/mol. The second-order valence-electron chi connectivity index (χ2n) is 4.36. The average molecular weight is 250 g/mol. The number of pyridine rings is 1. The molecule has 1 aromatic carbocycles. The summed E-state index contributed by atoms with van der Waals surface area (Å²) in [6.07, 6.45) is 1.67. The van der Waals surface area contributed by atoms with Gasteiger partial charge in [0, 0.05) is 17.5 Å². The Hall–Kier alpha value is -2.62. The molecule has 0 amide bonds. The van der Waals surface area contributed by atoms with Crippen molar-refractivity contribution in [2.45, 2.75) is 6.92 Å². The molecule has 3 rings (SSSR count). The minimum atomic E-state index is 0.482. The molecule has 4 heteroatoms. The number of anilines is 1. The van der Waals surface area contributed by atoms with Crippen LogP contribution in [-0.2, 0) is 0 Å². The van der Waals surface area contributed by atoms with Gasteiger partial charge >= 0.3 is 0 Å². The van der Waals surface area contributed by atoms with Gasteiger partial charge in [-0.05, 0) is 19.1 Å². The molecular formula is C15H14N4. The van der Waals surface area contributed by atoms with Crippen LogP contribution < -0.4 is 5.73 Å². The highest BCUT2D eigenvalue weighted by atomic mass is 15.0. The number of H-pyrrole nitrogens is 1. The first kappa shape index (κ1) is 11.5. The van der Waals surface area contributed by atoms with Gasteiger partial charge in [0.15, 0.2) is 0 Å². The van der Waals surface area contributed by atoms with E-state index in [2.05, 4.69) is 15.0 Å². The Morgan fingerprint density at radius 2 is 1.84 bits per heavy atom. The molecule has 0 radical (unpaired) electrons. The predicted octanol–water partition coefficient (Wildman–Crippen LogP) is 3.03. The molecule has 19 heavy (non-hydrogen) atoms. The van der Waals surface area contributed by atoms with E-state index in [9.17, 15) is 0 Å². The Balaban J connectivity index is 2.10. The number of aryl methyl sites for hydroxylation is 1. The molecule has 0 aliphatic rings. The van der Waals surface area contributed by atoms with Crippen LogP contribution in [0, 0.1) is 6.92 Å². The summed E-state index contributed by atoms with van der Waals surface area (Å²) in [6, 6.07) is 13.8. The van der Waals surface area contributed by atoms with Crippen molar-refractivity contribution in [2.24, 2.45) is 0 Å². The topological polar surface area (TPSA) is 67.6 Å². The molecule has 0 atom stereocenters. The van der Waals surface area contributed by atoms with E-state index in [-0.39, 0.29) is 0 Å². The molecule has 0 aliphatic carbocycles. The molecule has 2 heterocycles. The standard InChI is InChI=1S/C15H14N4/c1-10-13(11-6-3-2-4-7-11)19-15(18-10)12-8-5-9-17-14(12)16/h2-9H,1H3,(H2,16,17)(H,18,19). The van der Waals surface area contributed by atoms with Gasteiger partial charge in [-0.1, -0.05) is 30.3 Å². The first-order valence-electron chi connectivity index (χ1n) is 6.08. The second kappa shape index (κ2) is 4.57. The van der Waals surface area contributed by atoms with Crippen LogP contribution in [0.25, 0.3) is 22.6 Å². The Labute approximate surface area is 111 Å². The number of hydrogen-bond acceptors (Lipinski definition) is 3. The SMILES string of the molecule is Cc1[nH]c(-c2cccnc2N)nc1-c1ccccc1. The van der Waals surface area contributed by atoms with Gasteiger partial charge in [0.2, 0.25) is 0 Å². The molecule has 0 bridgehead atoms. The van der Waals surface area contributed by atoms with E-state index < -0.39 is 0 Å². The van der Waals surface area contributed by atoms with Crippen molar-refractivity contribution in [3.05, 3.63) is 54.4 Å². The third-order valence-electron chi connectivity index (χ3n) is 3.03. The molecule has 0 aliphatic heterocycles. The first-order chi connectivity index (χ1) is 9.25. The van der Waals surface area contributed by atoms with Crippen molar-refractivity contribution in [1.29, 1.82) is 0 Å². The van der Waals surface area contributed by atoms with Gasteiger partial charge in [-0.15, -0.1) is 0 Å². The summed E-state index contributed by atoms with van der Waals surface area (Å²) in [6.45, 7) is 2.01. The lowest BCUT2D eigenvalue weighted by atomic mass is 10.1. The molecule has 94 valence electrons. The predicted molar refractivity (Wildman–Crippen MR) is 76.4 cm³/mol. The van der Waals surface area contributed by atoms with E-state index in [0.29, 0.717) is 5.82 Å². The zero-order chi connectivity index (χ0) is 13.2. The fraction of sp³-hybridized carbons (Fsp3) is 0.0667. The highest BCUT2D eigenvalue weighted by molar-refractivity contribution is 5.72. The van der Waals surface area contributed by atoms with Gasteiger partial charge in [0.25, 0.3) is 0 Å². The number of rotatable bonds is 2. The van der Waals surface area contributed by atoms with Crippen LogP contribution >= 0.6 is 0 Å². The van der Waals surface area contributed by atoms with Crippen molar-refractivity contribution in [1.82, 2.24) is 15.0 Å². The maximum atomic E-state index is 5.88. The summed E-state index contributed by atoms with van der Waals surface area (Å²) in [4.78, 5) is 12.0. The normalized spacial score (nSPS) is 10.6. The van der Waals surface area contributed by atoms with E-state index in [0.717, 1.165) is 28.3 Å². The maximum absolute atomic E-state index is 5.88. The molecular weight excluding hydrogens is 236 g/mol. The van der Waals surface area contributed by atoms with Gasteiger partial charge in [-0.2, -0.15) is 0 Å². The lowest BCUT2D eigenvalue weighted by Crippen LogP contribution is -1.94. The number of nitrogens with zero attached hydrogens (tertiary/aromatic N) is 2. The molecule has 3 N–H and O–H groups in total. The fourth-order valence-electron chi connectivity index (χ4n) is 2.08. The van der Waals surface area contributed by atoms with E-state index in [1.54, 1.807) is 6.20 Å². The Bertz CT molecular complexity index is 701. The van der Waals surface area contributed by atoms with Crippen molar-refractivity contribution in [3.63, 3.8) is 0 Å². The number of nitrogens with two attached hydrogens (primary N) is 1. The first-order valence-corrected chi connectivity index (χ1v) is 6.08. The molecule has 0 saturated carbocycles. The van der Waals surface area contributed by atoms with Crippen LogP contribution in [0.3, 0.4) is 0 Å². The maximum Gasteiger partial charge on any atom is 0.141 e. The third-order valence-corrected chi connectivity index (χ3v) is 3.03. The summed E-state index contributed by atoms with van der Waals surface area (Å²) in [5, 5.41) is 0. The molecule has 3 aromatic rings. The molecule has 0 fully saturated rings. The van der Waals surface area contributed by atoms with Crippen LogP contribution in [0.15, 0.2) is 48.7 Å². The Morgan fingerprint density at radius 3 is 2.58 bits per heavy atom. The lowest BCUT2D eigenvalue weighted by Gasteiger charge is -1.99. The van der Waals surface area contributed by atoms with Crippen molar-refractivity contribution < 1.29 is 0 Å². The van der Waals surface area contributed by atoms with Gasteiger partial charge in [0.1, 0.15) is 11.6 Å². The number of nitrogen functional groups attached to an aromatic ring is 1. The number of imidazole rings is 1. The zero-order valence-corrected chi connectivity index (χ0v) is 10.6. The highest BCUT2D eigenvalue weighted by Gasteiger charge is 2.12. The molecule has 0 spiro atoms. The molecule has 0 saturated heterocycles. The third kappa shape index (κ3) is 2.08. The van der Waals surface area contributed by atoms with Gasteiger partial charge in [-0.3, -0.25) is 0 Å². The quantitative estimate of drug-likeness (QED) is 0.734. The van der Waals surface area contributed by atoms with Gasteiger partial charge in [0.05, 0.1) is 11.3 Å². The molecule has 2 aromatic heterocycles. The lowest BCUT2D eigenvalue weighted by molar-refractivity contribution is 1.24. The van der Waals surface area contributed by atoms with Gasteiger partial charge < -0.3 is 10.7 Å². The summed E-state index contributed by atoms with van der Waals surface area (Å²) >= 11 is 0. The van der Waals surface area contributed by atoms with Gasteiger partial charge in [-0.25, -0.2) is 9.97 Å². The molecule has 4 nitrogen and oxygen atoms in total. The zero-order valence-electron chi connectivity index (χ0n) is 10.6. The average Bonchev–Trinajstić information content (AvgIpc) is 2.82. The van der Waals surface area contributed by atoms with E-state index >= 15 is 0 Å². The smallest absolute Gasteiger partial charge is 0.141 e. The number of hydrogen-bond donors (Lipinski definition) is 2. The highest BCUT2D eigenvalue weighted by Crippen LogP contribution is 2.27. The van der Waals surface area contributed by atoms with Crippen LogP contribution in [0.1, 0.15) is 5.69 Å². The van der Waals surface area contributed by atoms with E-state index in [4.69, 9.17) is 5.73 Å². The van der Waals surface area contributed by atoms with Crippen LogP contribution in [-0.4, -0.2) is 15.0 Å². The fourth-order valence-corrected chi connectivity index (χ4v) is 2.08. The summed E-state index contributed by atoms with van der Waals surface area (Å²) in [7, 11) is 0. The van der Waals surface area contributed by atoms with Crippen LogP contribution in [0.4, 0.5) is 5.82 Å². The largest absolute Gasteiger partial charge is 0.383 e. The van der Waals surface area contributed by atoms with Crippen molar-refractivity contribution in [3.8, 4) is 22.6 Å². The number of benzene rings is 1. The van der Waals surface area contributed by atoms with Crippen LogP contribution in [0.5, 0.6) is 0 Å². The summed E-state index contributed by atoms with van der Waals surface area (Å²) in [5.74, 6) is 1.23. The van der Waals surface area contributed by atoms with Crippen LogP contribution in [0.2, 0.25) is 0 Å². The summed E-state index contributed by atoms with van der Waals surface area (Å²) < 4.78 is 0. The minimum absolute atomic E-state index is 0.482. The number of aromatic amines is 1. The molecule has 0 unspecified atom stereocenters. The number of nitrogens with one attached hydrogen (secondary N) is 1. The minimum Gasteiger partial charge on any atom is -0.383 e. The Kier molecular flexibility index (Phi) is 2.76. The van der Waals surface area contributed by atoms with Crippen molar-refractivity contribution >= 4 is 5.82 Å². The van der Waals surface area contributed by atoms with E-state index in [1.807, 2.05) is 49.4 Å². The van der Waals surface area contributed by atoms with Crippen molar-refractivity contribution in [2.75, 3.05) is 5.73 Å². The van der Waals surface area contributed by atoms with E-state index in [1.165, 1.54) is 0 Å². The Morgan fingerprint density at radius 1 is 1.05 bits per heavy atom. The number of aromatic nitrogens is 3. The summed E-state index contributed by atoms with van der Waals surface area (Å²) in [5.41, 5.74) is 9.76. The second-order valence-corrected chi connectivity index (χ2v) is 4.36.